The summed E-state index contributed by atoms with van der Waals surface area (Å²) in [4.78, 5) is 25.9. The summed E-state index contributed by atoms with van der Waals surface area (Å²) in [5.41, 5.74) is 1.72. The van der Waals surface area contributed by atoms with Crippen LogP contribution in [0.15, 0.2) is 71.5 Å². The first-order valence-corrected chi connectivity index (χ1v) is 12.2. The predicted octanol–water partition coefficient (Wildman–Crippen LogP) is 7.00. The molecule has 0 aliphatic heterocycles. The van der Waals surface area contributed by atoms with E-state index < -0.39 is 23.5 Å². The van der Waals surface area contributed by atoms with Crippen molar-refractivity contribution in [2.24, 2.45) is 11.8 Å². The van der Waals surface area contributed by atoms with Crippen molar-refractivity contribution in [3.8, 4) is 0 Å². The van der Waals surface area contributed by atoms with E-state index in [4.69, 9.17) is 0 Å². The minimum Gasteiger partial charge on any atom is -0.387 e. The van der Waals surface area contributed by atoms with E-state index in [2.05, 4.69) is 35.9 Å². The number of hydrogen-bond acceptors (Lipinski definition) is 3. The molecule has 0 radical (unpaired) electrons. The monoisotopic (exact) mass is 529 g/mol. The van der Waals surface area contributed by atoms with Gasteiger partial charge in [0.25, 0.3) is 11.8 Å². The lowest BCUT2D eigenvalue weighted by molar-refractivity contribution is -0.140. The number of hydrogen-bond donors (Lipinski definition) is 3. The second-order valence-corrected chi connectivity index (χ2v) is 9.39. The number of allylic oxidation sites excluding steroid dienone is 4. The number of nitrogens with one attached hydrogen (secondary N) is 3. The SMILES string of the molecule is C/C=C(C(=O)Nc1cc(NC(=O)c2ccc(F)c(C(F)(F)F)c2)ccc1C)\C(NC)=C1\C=CC(C)CC1C. The Balaban J connectivity index is 1.84. The quantitative estimate of drug-likeness (QED) is 0.279. The van der Waals surface area contributed by atoms with Crippen LogP contribution in [-0.2, 0) is 11.0 Å². The Morgan fingerprint density at radius 3 is 2.37 bits per heavy atom. The summed E-state index contributed by atoms with van der Waals surface area (Å²) >= 11 is 0. The van der Waals surface area contributed by atoms with Crippen molar-refractivity contribution in [3.63, 3.8) is 0 Å². The number of carbonyl (C=O) groups is 2. The molecule has 2 amide bonds. The molecule has 3 rings (SSSR count). The van der Waals surface area contributed by atoms with Crippen LogP contribution < -0.4 is 16.0 Å². The summed E-state index contributed by atoms with van der Waals surface area (Å²) < 4.78 is 52.7. The molecule has 2 unspecified atom stereocenters. The number of anilines is 2. The Labute approximate surface area is 219 Å². The van der Waals surface area contributed by atoms with Crippen molar-refractivity contribution >= 4 is 23.2 Å². The minimum absolute atomic E-state index is 0.251. The van der Waals surface area contributed by atoms with E-state index in [0.29, 0.717) is 34.9 Å². The zero-order valence-electron chi connectivity index (χ0n) is 21.9. The van der Waals surface area contributed by atoms with Crippen molar-refractivity contribution < 1.29 is 27.2 Å². The first-order chi connectivity index (χ1) is 17.8. The molecule has 1 aliphatic rings. The van der Waals surface area contributed by atoms with Crippen LogP contribution in [-0.4, -0.2) is 18.9 Å². The van der Waals surface area contributed by atoms with E-state index in [-0.39, 0.29) is 23.1 Å². The van der Waals surface area contributed by atoms with Crippen LogP contribution in [0, 0.1) is 24.6 Å². The third-order valence-corrected chi connectivity index (χ3v) is 6.48. The van der Waals surface area contributed by atoms with E-state index in [1.165, 1.54) is 6.07 Å². The van der Waals surface area contributed by atoms with E-state index in [1.807, 2.05) is 6.08 Å². The van der Waals surface area contributed by atoms with Gasteiger partial charge in [0, 0.05) is 29.7 Å². The van der Waals surface area contributed by atoms with Gasteiger partial charge < -0.3 is 16.0 Å². The summed E-state index contributed by atoms with van der Waals surface area (Å²) in [6.07, 6.45) is 1.92. The van der Waals surface area contributed by atoms with Gasteiger partial charge >= 0.3 is 6.18 Å². The molecule has 0 heterocycles. The molecule has 5 nitrogen and oxygen atoms in total. The summed E-state index contributed by atoms with van der Waals surface area (Å²) in [5.74, 6) is -1.96. The fourth-order valence-electron chi connectivity index (χ4n) is 4.46. The molecule has 0 saturated heterocycles. The zero-order chi connectivity index (χ0) is 28.2. The van der Waals surface area contributed by atoms with Crippen LogP contribution in [0.3, 0.4) is 0 Å². The highest BCUT2D eigenvalue weighted by Gasteiger charge is 2.34. The molecule has 0 spiro atoms. The fraction of sp³-hybridized carbons (Fsp3) is 0.310. The molecule has 3 N–H and O–H groups in total. The first kappa shape index (κ1) is 28.7. The third kappa shape index (κ3) is 6.51. The second kappa shape index (κ2) is 11.7. The highest BCUT2D eigenvalue weighted by molar-refractivity contribution is 6.08. The summed E-state index contributed by atoms with van der Waals surface area (Å²) in [5, 5.41) is 8.54. The smallest absolute Gasteiger partial charge is 0.387 e. The Kier molecular flexibility index (Phi) is 8.81. The lowest BCUT2D eigenvalue weighted by atomic mass is 9.83. The van der Waals surface area contributed by atoms with Crippen LogP contribution in [0.4, 0.5) is 28.9 Å². The van der Waals surface area contributed by atoms with E-state index >= 15 is 0 Å². The Morgan fingerprint density at radius 2 is 1.76 bits per heavy atom. The highest BCUT2D eigenvalue weighted by Crippen LogP contribution is 2.33. The van der Waals surface area contributed by atoms with Crippen molar-refractivity contribution in [1.82, 2.24) is 5.32 Å². The summed E-state index contributed by atoms with van der Waals surface area (Å²) in [7, 11) is 1.76. The predicted molar refractivity (Wildman–Crippen MR) is 141 cm³/mol. The van der Waals surface area contributed by atoms with Crippen molar-refractivity contribution in [1.29, 1.82) is 0 Å². The molecule has 2 aromatic rings. The molecule has 2 aromatic carbocycles. The van der Waals surface area contributed by atoms with Crippen molar-refractivity contribution in [2.75, 3.05) is 17.7 Å². The lowest BCUT2D eigenvalue weighted by Gasteiger charge is -2.25. The molecule has 38 heavy (non-hydrogen) atoms. The zero-order valence-corrected chi connectivity index (χ0v) is 21.9. The van der Waals surface area contributed by atoms with E-state index in [1.54, 1.807) is 39.1 Å². The largest absolute Gasteiger partial charge is 0.419 e. The topological polar surface area (TPSA) is 70.2 Å². The number of aryl methyl sites for hydroxylation is 1. The van der Waals surface area contributed by atoms with Crippen LogP contribution in [0.2, 0.25) is 0 Å². The third-order valence-electron chi connectivity index (χ3n) is 6.48. The van der Waals surface area contributed by atoms with Gasteiger partial charge in [-0.05, 0) is 73.6 Å². The van der Waals surface area contributed by atoms with Crippen molar-refractivity contribution in [2.45, 2.75) is 40.3 Å². The maximum atomic E-state index is 13.6. The number of benzene rings is 2. The lowest BCUT2D eigenvalue weighted by Crippen LogP contribution is -2.25. The second-order valence-electron chi connectivity index (χ2n) is 9.39. The van der Waals surface area contributed by atoms with Gasteiger partial charge in [-0.2, -0.15) is 13.2 Å². The van der Waals surface area contributed by atoms with Crippen LogP contribution in [0.5, 0.6) is 0 Å². The molecular weight excluding hydrogens is 498 g/mol. The van der Waals surface area contributed by atoms with E-state index in [9.17, 15) is 27.2 Å². The minimum atomic E-state index is -4.93. The van der Waals surface area contributed by atoms with Gasteiger partial charge in [-0.3, -0.25) is 9.59 Å². The Hall–Kier alpha value is -3.88. The average molecular weight is 530 g/mol. The molecule has 9 heteroatoms. The van der Waals surface area contributed by atoms with Gasteiger partial charge in [-0.1, -0.05) is 38.1 Å². The Morgan fingerprint density at radius 1 is 1.05 bits per heavy atom. The van der Waals surface area contributed by atoms with Gasteiger partial charge in [0.15, 0.2) is 0 Å². The van der Waals surface area contributed by atoms with Gasteiger partial charge in [-0.25, -0.2) is 4.39 Å². The molecule has 0 aromatic heterocycles. The van der Waals surface area contributed by atoms with Crippen LogP contribution in [0.1, 0.15) is 48.7 Å². The molecule has 2 atom stereocenters. The maximum Gasteiger partial charge on any atom is 0.419 e. The number of alkyl halides is 3. The molecule has 0 fully saturated rings. The van der Waals surface area contributed by atoms with Gasteiger partial charge in [0.05, 0.1) is 11.1 Å². The van der Waals surface area contributed by atoms with Gasteiger partial charge in [-0.15, -0.1) is 0 Å². The maximum absolute atomic E-state index is 13.6. The molecule has 202 valence electrons. The van der Waals surface area contributed by atoms with Gasteiger partial charge in [0.1, 0.15) is 5.82 Å². The number of halogens is 4. The van der Waals surface area contributed by atoms with E-state index in [0.717, 1.165) is 23.8 Å². The molecular formula is C29H31F4N3O2. The Bertz CT molecular complexity index is 1330. The normalized spacial score (nSPS) is 19.1. The number of rotatable bonds is 6. The van der Waals surface area contributed by atoms with Gasteiger partial charge in [0.2, 0.25) is 0 Å². The standard InChI is InChI=1S/C29H31F4N3O2/c1-6-21(26(34-5)22-11-7-16(2)13-18(22)4)28(38)36-25-15-20(10-8-17(25)3)35-27(37)19-9-12-24(30)23(14-19)29(31,32)33/h6-12,14-16,18,34H,13H2,1-5H3,(H,35,37)(H,36,38)/b21-6+,26-22+. The summed E-state index contributed by atoms with van der Waals surface area (Å²) in [6, 6.07) is 6.79. The number of likely N-dealkylation sites (N-methyl/N-ethyl adjacent to an activating group) is 1. The molecule has 1 aliphatic carbocycles. The summed E-state index contributed by atoms with van der Waals surface area (Å²) in [6.45, 7) is 7.81. The first-order valence-electron chi connectivity index (χ1n) is 12.2. The number of carbonyl (C=O) groups excluding carboxylic acids is 2. The molecule has 0 saturated carbocycles. The number of amides is 2. The molecule has 0 bridgehead atoms. The van der Waals surface area contributed by atoms with Crippen LogP contribution in [0.25, 0.3) is 0 Å². The van der Waals surface area contributed by atoms with Crippen molar-refractivity contribution in [3.05, 3.63) is 94.0 Å². The fourth-order valence-corrected chi connectivity index (χ4v) is 4.46. The highest BCUT2D eigenvalue weighted by atomic mass is 19.4. The van der Waals surface area contributed by atoms with Crippen LogP contribution >= 0.6 is 0 Å². The average Bonchev–Trinajstić information content (AvgIpc) is 2.84.